The van der Waals surface area contributed by atoms with Crippen molar-refractivity contribution in [2.24, 2.45) is 0 Å². The quantitative estimate of drug-likeness (QED) is 0.885. The fourth-order valence-electron chi connectivity index (χ4n) is 2.42. The first-order chi connectivity index (χ1) is 8.18. The maximum Gasteiger partial charge on any atom is 0.199 e. The van der Waals surface area contributed by atoms with E-state index in [0.717, 1.165) is 23.1 Å². The molecule has 1 aliphatic rings. The van der Waals surface area contributed by atoms with Gasteiger partial charge in [0.1, 0.15) is 5.58 Å². The molecule has 0 atom stereocenters. The monoisotopic (exact) mass is 249 g/mol. The number of nitrogens with one attached hydrogen (secondary N) is 1. The lowest BCUT2D eigenvalue weighted by Crippen LogP contribution is -2.47. The second-order valence-corrected chi connectivity index (χ2v) is 5.46. The van der Waals surface area contributed by atoms with Crippen LogP contribution in [0.4, 0.5) is 0 Å². The number of halogens is 1. The van der Waals surface area contributed by atoms with E-state index in [2.05, 4.69) is 18.3 Å². The fourth-order valence-corrected chi connectivity index (χ4v) is 2.67. The second kappa shape index (κ2) is 4.04. The molecule has 1 saturated carbocycles. The summed E-state index contributed by atoms with van der Waals surface area (Å²) in [5, 5.41) is 5.22. The molecule has 1 N–H and O–H groups in total. The Morgan fingerprint density at radius 3 is 2.82 bits per heavy atom. The van der Waals surface area contributed by atoms with E-state index >= 15 is 0 Å². The van der Waals surface area contributed by atoms with Gasteiger partial charge in [0.25, 0.3) is 0 Å². The van der Waals surface area contributed by atoms with Crippen LogP contribution in [0.2, 0.25) is 5.22 Å². The first-order valence-corrected chi connectivity index (χ1v) is 6.47. The summed E-state index contributed by atoms with van der Waals surface area (Å²) in [5.41, 5.74) is 2.24. The van der Waals surface area contributed by atoms with Gasteiger partial charge in [-0.2, -0.15) is 0 Å². The summed E-state index contributed by atoms with van der Waals surface area (Å²) in [4.78, 5) is 0. The minimum atomic E-state index is 0.293. The molecule has 0 aliphatic heterocycles. The van der Waals surface area contributed by atoms with Gasteiger partial charge in [0, 0.05) is 23.0 Å². The molecular weight excluding hydrogens is 234 g/mol. The molecule has 1 aromatic carbocycles. The topological polar surface area (TPSA) is 25.2 Å². The fraction of sp³-hybridized carbons (Fsp3) is 0.429. The predicted octanol–water partition coefficient (Wildman–Crippen LogP) is 4.12. The molecule has 2 aromatic rings. The van der Waals surface area contributed by atoms with Crippen molar-refractivity contribution in [2.45, 2.75) is 38.3 Å². The third kappa shape index (κ3) is 1.96. The molecule has 0 amide bonds. The van der Waals surface area contributed by atoms with E-state index in [4.69, 9.17) is 16.0 Å². The molecule has 0 bridgehead atoms. The van der Waals surface area contributed by atoms with Crippen LogP contribution in [0, 0.1) is 0 Å². The van der Waals surface area contributed by atoms with E-state index in [1.54, 1.807) is 0 Å². The van der Waals surface area contributed by atoms with Gasteiger partial charge in [-0.15, -0.1) is 0 Å². The second-order valence-electron chi connectivity index (χ2n) is 5.12. The summed E-state index contributed by atoms with van der Waals surface area (Å²) >= 11 is 6.15. The van der Waals surface area contributed by atoms with Crippen molar-refractivity contribution in [3.8, 4) is 0 Å². The Kier molecular flexibility index (Phi) is 2.64. The van der Waals surface area contributed by atoms with Crippen LogP contribution >= 0.6 is 11.6 Å². The van der Waals surface area contributed by atoms with Crippen molar-refractivity contribution in [3.05, 3.63) is 35.0 Å². The average molecular weight is 250 g/mol. The Morgan fingerprint density at radius 2 is 2.12 bits per heavy atom. The summed E-state index contributed by atoms with van der Waals surface area (Å²) in [6.45, 7) is 3.05. The highest BCUT2D eigenvalue weighted by Gasteiger charge is 2.31. The van der Waals surface area contributed by atoms with E-state index in [1.807, 2.05) is 18.2 Å². The summed E-state index contributed by atoms with van der Waals surface area (Å²) in [6, 6.07) is 8.00. The van der Waals surface area contributed by atoms with Crippen LogP contribution < -0.4 is 5.32 Å². The molecule has 1 aromatic heterocycles. The predicted molar refractivity (Wildman–Crippen MR) is 70.3 cm³/mol. The normalized spacial score (nSPS) is 18.2. The number of para-hydroxylation sites is 1. The lowest BCUT2D eigenvalue weighted by atomic mass is 9.78. The van der Waals surface area contributed by atoms with Gasteiger partial charge in [0.2, 0.25) is 0 Å². The van der Waals surface area contributed by atoms with Crippen molar-refractivity contribution in [2.75, 3.05) is 0 Å². The van der Waals surface area contributed by atoms with Crippen LogP contribution in [0.1, 0.15) is 31.7 Å². The highest BCUT2D eigenvalue weighted by Crippen LogP contribution is 2.34. The first-order valence-electron chi connectivity index (χ1n) is 6.09. The molecule has 1 heterocycles. The van der Waals surface area contributed by atoms with Crippen molar-refractivity contribution in [3.63, 3.8) is 0 Å². The van der Waals surface area contributed by atoms with E-state index in [0.29, 0.717) is 10.8 Å². The number of rotatable bonds is 3. The van der Waals surface area contributed by atoms with Crippen LogP contribution in [0.3, 0.4) is 0 Å². The Bertz CT molecular complexity index is 542. The average Bonchev–Trinajstić information content (AvgIpc) is 2.60. The third-order valence-corrected chi connectivity index (χ3v) is 4.10. The van der Waals surface area contributed by atoms with Gasteiger partial charge in [-0.25, -0.2) is 0 Å². The SMILES string of the molecule is CC1(NCc2c(Cl)oc3ccccc23)CCC1. The number of hydrogen-bond donors (Lipinski definition) is 1. The molecule has 1 aliphatic carbocycles. The van der Waals surface area contributed by atoms with Crippen molar-refractivity contribution >= 4 is 22.6 Å². The molecule has 0 spiro atoms. The van der Waals surface area contributed by atoms with Crippen LogP contribution in [0.25, 0.3) is 11.0 Å². The number of hydrogen-bond acceptors (Lipinski definition) is 2. The summed E-state index contributed by atoms with van der Waals surface area (Å²) in [7, 11) is 0. The lowest BCUT2D eigenvalue weighted by Gasteiger charge is -2.39. The molecule has 3 rings (SSSR count). The molecule has 1 fully saturated rings. The van der Waals surface area contributed by atoms with Gasteiger partial charge in [0.05, 0.1) is 0 Å². The molecule has 17 heavy (non-hydrogen) atoms. The standard InChI is InChI=1S/C14H16ClNO/c1-14(7-4-8-14)16-9-11-10-5-2-3-6-12(10)17-13(11)15/h2-3,5-6,16H,4,7-9H2,1H3. The van der Waals surface area contributed by atoms with Gasteiger partial charge in [0.15, 0.2) is 5.22 Å². The summed E-state index contributed by atoms with van der Waals surface area (Å²) < 4.78 is 5.54. The van der Waals surface area contributed by atoms with Crippen LogP contribution in [0.5, 0.6) is 0 Å². The van der Waals surface area contributed by atoms with Crippen LogP contribution in [-0.2, 0) is 6.54 Å². The molecule has 2 nitrogen and oxygen atoms in total. The first kappa shape index (κ1) is 11.1. The Morgan fingerprint density at radius 1 is 1.35 bits per heavy atom. The van der Waals surface area contributed by atoms with Gasteiger partial charge in [-0.1, -0.05) is 18.2 Å². The Balaban J connectivity index is 1.86. The third-order valence-electron chi connectivity index (χ3n) is 3.80. The van der Waals surface area contributed by atoms with Crippen LogP contribution in [-0.4, -0.2) is 5.54 Å². The molecular formula is C14H16ClNO. The molecule has 90 valence electrons. The van der Waals surface area contributed by atoms with E-state index < -0.39 is 0 Å². The molecule has 0 radical (unpaired) electrons. The van der Waals surface area contributed by atoms with Crippen molar-refractivity contribution in [1.29, 1.82) is 0 Å². The highest BCUT2D eigenvalue weighted by molar-refractivity contribution is 6.30. The lowest BCUT2D eigenvalue weighted by molar-refractivity contribution is 0.207. The maximum atomic E-state index is 6.15. The largest absolute Gasteiger partial charge is 0.444 e. The summed E-state index contributed by atoms with van der Waals surface area (Å²) in [6.07, 6.45) is 3.82. The Labute approximate surface area is 106 Å². The number of furan rings is 1. The number of fused-ring (bicyclic) bond motifs is 1. The molecule has 0 saturated heterocycles. The smallest absolute Gasteiger partial charge is 0.199 e. The van der Waals surface area contributed by atoms with E-state index in [9.17, 15) is 0 Å². The minimum absolute atomic E-state index is 0.293. The zero-order valence-corrected chi connectivity index (χ0v) is 10.7. The zero-order chi connectivity index (χ0) is 11.9. The minimum Gasteiger partial charge on any atom is -0.444 e. The van der Waals surface area contributed by atoms with E-state index in [-0.39, 0.29) is 0 Å². The zero-order valence-electron chi connectivity index (χ0n) is 9.92. The van der Waals surface area contributed by atoms with Gasteiger partial charge < -0.3 is 9.73 Å². The van der Waals surface area contributed by atoms with Gasteiger partial charge in [-0.05, 0) is 43.9 Å². The molecule has 3 heteroatoms. The maximum absolute atomic E-state index is 6.15. The molecule has 0 unspecified atom stereocenters. The van der Waals surface area contributed by atoms with E-state index in [1.165, 1.54) is 19.3 Å². The van der Waals surface area contributed by atoms with Gasteiger partial charge in [-0.3, -0.25) is 0 Å². The van der Waals surface area contributed by atoms with Gasteiger partial charge >= 0.3 is 0 Å². The summed E-state index contributed by atoms with van der Waals surface area (Å²) in [5.74, 6) is 0. The highest BCUT2D eigenvalue weighted by atomic mass is 35.5. The van der Waals surface area contributed by atoms with Crippen molar-refractivity contribution in [1.82, 2.24) is 5.32 Å². The Hall–Kier alpha value is -0.990. The van der Waals surface area contributed by atoms with Crippen molar-refractivity contribution < 1.29 is 4.42 Å². The van der Waals surface area contributed by atoms with Crippen LogP contribution in [0.15, 0.2) is 28.7 Å². The number of benzene rings is 1.